The topological polar surface area (TPSA) is 24.9 Å². The Balaban J connectivity index is 1.87. The lowest BCUT2D eigenvalue weighted by molar-refractivity contribution is 0.0294. The molecule has 1 saturated heterocycles. The van der Waals surface area contributed by atoms with E-state index in [0.29, 0.717) is 12.1 Å². The van der Waals surface area contributed by atoms with Crippen molar-refractivity contribution in [3.05, 3.63) is 23.3 Å². The number of nitrogens with zero attached hydrogens (tertiary/aromatic N) is 2. The van der Waals surface area contributed by atoms with Crippen molar-refractivity contribution in [2.75, 3.05) is 40.9 Å². The minimum Gasteiger partial charge on any atom is -0.493 e. The molecule has 3 rings (SSSR count). The maximum absolute atomic E-state index is 5.53. The molecule has 4 heteroatoms. The number of benzene rings is 1. The molecular weight excluding hydrogens is 288 g/mol. The van der Waals surface area contributed by atoms with E-state index in [1.165, 1.54) is 24.1 Å². The van der Waals surface area contributed by atoms with Crippen LogP contribution in [0.4, 0.5) is 0 Å². The molecule has 23 heavy (non-hydrogen) atoms. The second kappa shape index (κ2) is 6.70. The van der Waals surface area contributed by atoms with Crippen LogP contribution in [0.2, 0.25) is 0 Å². The van der Waals surface area contributed by atoms with Crippen LogP contribution in [0.15, 0.2) is 12.1 Å². The number of likely N-dealkylation sites (N-methyl/N-ethyl adjacent to an activating group) is 1. The van der Waals surface area contributed by atoms with E-state index < -0.39 is 0 Å². The molecule has 0 radical (unpaired) electrons. The predicted molar refractivity (Wildman–Crippen MR) is 93.4 cm³/mol. The second-order valence-electron chi connectivity index (χ2n) is 7.39. The van der Waals surface area contributed by atoms with Crippen LogP contribution in [-0.4, -0.2) is 56.7 Å². The van der Waals surface area contributed by atoms with Crippen molar-refractivity contribution in [3.63, 3.8) is 0 Å². The van der Waals surface area contributed by atoms with E-state index in [2.05, 4.69) is 42.8 Å². The average Bonchev–Trinajstić information content (AvgIpc) is 2.53. The molecule has 0 aromatic heterocycles. The Bertz CT molecular complexity index is 559. The van der Waals surface area contributed by atoms with Crippen LogP contribution in [0.3, 0.4) is 0 Å². The highest BCUT2D eigenvalue weighted by Gasteiger charge is 2.36. The van der Waals surface area contributed by atoms with Gasteiger partial charge in [-0.2, -0.15) is 0 Å². The number of ether oxygens (including phenoxy) is 2. The summed E-state index contributed by atoms with van der Waals surface area (Å²) in [6.45, 7) is 8.06. The third kappa shape index (κ3) is 3.20. The van der Waals surface area contributed by atoms with E-state index in [1.54, 1.807) is 14.2 Å². The third-order valence-corrected chi connectivity index (χ3v) is 5.39. The van der Waals surface area contributed by atoms with Gasteiger partial charge in [0.25, 0.3) is 0 Å². The van der Waals surface area contributed by atoms with E-state index in [4.69, 9.17) is 9.47 Å². The monoisotopic (exact) mass is 318 g/mol. The van der Waals surface area contributed by atoms with Crippen molar-refractivity contribution in [3.8, 4) is 11.5 Å². The molecule has 2 heterocycles. The molecule has 0 amide bonds. The Labute approximate surface area is 140 Å². The zero-order valence-corrected chi connectivity index (χ0v) is 15.1. The highest BCUT2D eigenvalue weighted by Crippen LogP contribution is 2.40. The maximum Gasteiger partial charge on any atom is 0.161 e. The fraction of sp³-hybridized carbons (Fsp3) is 0.684. The summed E-state index contributed by atoms with van der Waals surface area (Å²) in [5.41, 5.74) is 2.84. The zero-order valence-electron chi connectivity index (χ0n) is 15.1. The first-order chi connectivity index (χ1) is 11.0. The van der Waals surface area contributed by atoms with Crippen LogP contribution >= 0.6 is 0 Å². The highest BCUT2D eigenvalue weighted by atomic mass is 16.5. The van der Waals surface area contributed by atoms with Crippen molar-refractivity contribution in [1.29, 1.82) is 0 Å². The molecule has 2 aliphatic rings. The fourth-order valence-electron chi connectivity index (χ4n) is 4.14. The minimum atomic E-state index is 0.479. The van der Waals surface area contributed by atoms with E-state index in [-0.39, 0.29) is 0 Å². The fourth-order valence-corrected chi connectivity index (χ4v) is 4.14. The summed E-state index contributed by atoms with van der Waals surface area (Å²) < 4.78 is 11.0. The van der Waals surface area contributed by atoms with Gasteiger partial charge in [-0.05, 0) is 49.1 Å². The first-order valence-electron chi connectivity index (χ1n) is 8.72. The van der Waals surface area contributed by atoms with Crippen LogP contribution in [0.25, 0.3) is 0 Å². The largest absolute Gasteiger partial charge is 0.493 e. The first kappa shape index (κ1) is 16.6. The normalized spacial score (nSPS) is 25.1. The van der Waals surface area contributed by atoms with Crippen LogP contribution < -0.4 is 9.47 Å². The van der Waals surface area contributed by atoms with E-state index >= 15 is 0 Å². The van der Waals surface area contributed by atoms with Gasteiger partial charge in [-0.3, -0.25) is 4.90 Å². The van der Waals surface area contributed by atoms with Gasteiger partial charge >= 0.3 is 0 Å². The predicted octanol–water partition coefficient (Wildman–Crippen LogP) is 2.96. The van der Waals surface area contributed by atoms with E-state index in [0.717, 1.165) is 36.9 Å². The number of fused-ring (bicyclic) bond motifs is 3. The molecular formula is C19H30N2O2. The molecule has 1 aromatic carbocycles. The minimum absolute atomic E-state index is 0.479. The Morgan fingerprint density at radius 3 is 2.48 bits per heavy atom. The summed E-state index contributed by atoms with van der Waals surface area (Å²) in [5.74, 6) is 2.45. The summed E-state index contributed by atoms with van der Waals surface area (Å²) in [4.78, 5) is 5.22. The molecule has 0 N–H and O–H groups in total. The van der Waals surface area contributed by atoms with Gasteiger partial charge in [0.1, 0.15) is 0 Å². The molecule has 2 atom stereocenters. The van der Waals surface area contributed by atoms with Gasteiger partial charge in [0.2, 0.25) is 0 Å². The number of hydrogen-bond donors (Lipinski definition) is 0. The molecule has 0 spiro atoms. The molecule has 0 aliphatic carbocycles. The van der Waals surface area contributed by atoms with Gasteiger partial charge in [-0.25, -0.2) is 0 Å². The van der Waals surface area contributed by atoms with Gasteiger partial charge in [0.15, 0.2) is 11.5 Å². The van der Waals surface area contributed by atoms with Crippen molar-refractivity contribution < 1.29 is 9.47 Å². The quantitative estimate of drug-likeness (QED) is 0.852. The number of hydrogen-bond acceptors (Lipinski definition) is 4. The molecule has 0 saturated carbocycles. The number of methoxy groups -OCH3 is 2. The lowest BCUT2D eigenvalue weighted by atomic mass is 9.88. The number of piperazine rings is 1. The van der Waals surface area contributed by atoms with Crippen molar-refractivity contribution >= 4 is 0 Å². The molecule has 1 aromatic rings. The van der Waals surface area contributed by atoms with Gasteiger partial charge in [0, 0.05) is 31.7 Å². The summed E-state index contributed by atoms with van der Waals surface area (Å²) in [6.07, 6.45) is 2.38. The van der Waals surface area contributed by atoms with Crippen molar-refractivity contribution in [2.24, 2.45) is 5.92 Å². The third-order valence-electron chi connectivity index (χ3n) is 5.39. The van der Waals surface area contributed by atoms with Crippen molar-refractivity contribution in [2.45, 2.75) is 38.8 Å². The number of rotatable bonds is 4. The zero-order chi connectivity index (χ0) is 16.6. The van der Waals surface area contributed by atoms with Gasteiger partial charge in [0.05, 0.1) is 14.2 Å². The molecule has 128 valence electrons. The Hall–Kier alpha value is -1.26. The Morgan fingerprint density at radius 2 is 1.83 bits per heavy atom. The van der Waals surface area contributed by atoms with Crippen molar-refractivity contribution in [1.82, 2.24) is 9.80 Å². The molecule has 4 nitrogen and oxygen atoms in total. The smallest absolute Gasteiger partial charge is 0.161 e. The van der Waals surface area contributed by atoms with Gasteiger partial charge < -0.3 is 14.4 Å². The molecule has 1 unspecified atom stereocenters. The Kier molecular flexibility index (Phi) is 4.83. The SMILES string of the molecule is COc1cc2c(cc1OC)C1CN(C)[C@H](CC(C)C)CN1CC2. The summed E-state index contributed by atoms with van der Waals surface area (Å²) in [6, 6.07) is 5.52. The maximum atomic E-state index is 5.53. The summed E-state index contributed by atoms with van der Waals surface area (Å²) in [7, 11) is 5.71. The molecule has 1 fully saturated rings. The van der Waals surface area contributed by atoms with E-state index in [9.17, 15) is 0 Å². The van der Waals surface area contributed by atoms with Gasteiger partial charge in [-0.1, -0.05) is 13.8 Å². The average molecular weight is 318 g/mol. The molecule has 0 bridgehead atoms. The standard InChI is InChI=1S/C19H30N2O2/c1-13(2)8-15-11-21-7-6-14-9-18(22-4)19(23-5)10-16(14)17(21)12-20(15)3/h9-10,13,15,17H,6-8,11-12H2,1-5H3/t15-,17?/m1/s1. The molecule has 2 aliphatic heterocycles. The lowest BCUT2D eigenvalue weighted by Gasteiger charge is -2.48. The first-order valence-corrected chi connectivity index (χ1v) is 8.72. The lowest BCUT2D eigenvalue weighted by Crippen LogP contribution is -2.55. The van der Waals surface area contributed by atoms with Gasteiger partial charge in [-0.15, -0.1) is 0 Å². The van der Waals surface area contributed by atoms with Crippen LogP contribution in [0.1, 0.15) is 37.4 Å². The van der Waals surface area contributed by atoms with Crippen LogP contribution in [0, 0.1) is 5.92 Å². The van der Waals surface area contributed by atoms with E-state index in [1.807, 2.05) is 0 Å². The highest BCUT2D eigenvalue weighted by molar-refractivity contribution is 5.49. The summed E-state index contributed by atoms with van der Waals surface area (Å²) in [5, 5.41) is 0. The van der Waals surface area contributed by atoms with Crippen LogP contribution in [-0.2, 0) is 6.42 Å². The van der Waals surface area contributed by atoms with Crippen LogP contribution in [0.5, 0.6) is 11.5 Å². The second-order valence-corrected chi connectivity index (χ2v) is 7.39. The summed E-state index contributed by atoms with van der Waals surface area (Å²) >= 11 is 0. The Morgan fingerprint density at radius 1 is 1.13 bits per heavy atom.